The van der Waals surface area contributed by atoms with Crippen molar-refractivity contribution in [2.75, 3.05) is 20.4 Å². The fourth-order valence-corrected chi connectivity index (χ4v) is 7.32. The Morgan fingerprint density at radius 2 is 0.836 bits per heavy atom. The minimum Gasteiger partial charge on any atom is -0.457 e. The quantitative estimate of drug-likeness (QED) is 0.115. The lowest BCUT2D eigenvalue weighted by Gasteiger charge is -2.16. The summed E-state index contributed by atoms with van der Waals surface area (Å²) in [7, 11) is 0. The van der Waals surface area contributed by atoms with Crippen molar-refractivity contribution >= 4 is 103 Å². The molecular weight excluding hydrogens is 926 g/mol. The number of amides is 6. The molecule has 0 saturated carbocycles. The van der Waals surface area contributed by atoms with Gasteiger partial charge in [0.2, 0.25) is 0 Å². The molecule has 0 unspecified atom stereocenters. The smallest absolute Gasteiger partial charge is 0.266 e. The first-order valence-electron chi connectivity index (χ1n) is 16.6. The number of benzene rings is 6. The number of imide groups is 2. The van der Waals surface area contributed by atoms with Crippen LogP contribution in [-0.4, -0.2) is 35.4 Å². The van der Waals surface area contributed by atoms with Crippen LogP contribution >= 0.6 is 45.2 Å². The van der Waals surface area contributed by atoms with E-state index in [1.165, 1.54) is 36.4 Å². The number of fused-ring (bicyclic) bond motifs is 2. The van der Waals surface area contributed by atoms with Crippen molar-refractivity contribution in [1.82, 2.24) is 0 Å². The molecule has 0 aliphatic carbocycles. The van der Waals surface area contributed by atoms with Crippen molar-refractivity contribution in [2.24, 2.45) is 0 Å². The Balaban J connectivity index is 0.921. The van der Waals surface area contributed by atoms with E-state index in [1.807, 2.05) is 36.4 Å². The van der Waals surface area contributed by atoms with Crippen LogP contribution in [0.3, 0.4) is 0 Å². The second kappa shape index (κ2) is 14.6. The Labute approximate surface area is 340 Å². The molecule has 2 N–H and O–H groups in total. The van der Waals surface area contributed by atoms with E-state index in [-0.39, 0.29) is 33.4 Å². The van der Waals surface area contributed by atoms with Crippen molar-refractivity contribution in [3.63, 3.8) is 0 Å². The van der Waals surface area contributed by atoms with E-state index in [2.05, 4.69) is 55.8 Å². The molecule has 0 bridgehead atoms. The monoisotopic (exact) mass is 950 g/mol. The Bertz CT molecular complexity index is 2450. The van der Waals surface area contributed by atoms with Crippen LogP contribution in [0.4, 0.5) is 22.7 Å². The normalized spacial score (nSPS) is 13.1. The molecule has 6 aromatic carbocycles. The largest absolute Gasteiger partial charge is 0.457 e. The molecule has 0 atom stereocenters. The first-order valence-corrected chi connectivity index (χ1v) is 18.8. The second-order valence-electron chi connectivity index (χ2n) is 12.4. The lowest BCUT2D eigenvalue weighted by molar-refractivity contribution is 0.0910. The van der Waals surface area contributed by atoms with Crippen LogP contribution in [0, 0.1) is 7.14 Å². The average molecular weight is 950 g/mol. The van der Waals surface area contributed by atoms with Crippen molar-refractivity contribution in [3.8, 4) is 11.5 Å². The van der Waals surface area contributed by atoms with Crippen molar-refractivity contribution < 1.29 is 33.5 Å². The minimum atomic E-state index is -0.553. The Morgan fingerprint density at radius 3 is 1.22 bits per heavy atom. The van der Waals surface area contributed by atoms with E-state index in [0.717, 1.165) is 16.9 Å². The van der Waals surface area contributed by atoms with Gasteiger partial charge >= 0.3 is 0 Å². The maximum atomic E-state index is 13.4. The van der Waals surface area contributed by atoms with E-state index < -0.39 is 35.4 Å². The molecule has 2 aliphatic rings. The van der Waals surface area contributed by atoms with E-state index >= 15 is 0 Å². The van der Waals surface area contributed by atoms with Gasteiger partial charge in [0, 0.05) is 29.6 Å². The average Bonchev–Trinajstić information content (AvgIpc) is 3.58. The van der Waals surface area contributed by atoms with E-state index in [9.17, 15) is 28.8 Å². The summed E-state index contributed by atoms with van der Waals surface area (Å²) < 4.78 is 7.88. The van der Waals surface area contributed by atoms with E-state index in [0.29, 0.717) is 34.2 Å². The Morgan fingerprint density at radius 1 is 0.455 bits per heavy atom. The van der Waals surface area contributed by atoms with Crippen LogP contribution in [0.25, 0.3) is 0 Å². The van der Waals surface area contributed by atoms with Crippen LogP contribution in [0.2, 0.25) is 0 Å². The Kier molecular flexibility index (Phi) is 9.48. The highest BCUT2D eigenvalue weighted by Gasteiger charge is 2.38. The van der Waals surface area contributed by atoms with Gasteiger partial charge in [0.05, 0.1) is 33.6 Å². The highest BCUT2D eigenvalue weighted by molar-refractivity contribution is 14.1. The lowest BCUT2D eigenvalue weighted by atomic mass is 10.1. The fourth-order valence-electron chi connectivity index (χ4n) is 6.23. The van der Waals surface area contributed by atoms with Gasteiger partial charge in [-0.25, -0.2) is 9.80 Å². The van der Waals surface area contributed by atoms with Gasteiger partial charge in [-0.2, -0.15) is 0 Å². The third-order valence-electron chi connectivity index (χ3n) is 8.89. The number of carbonyl (C=O) groups is 6. The molecule has 6 amide bonds. The zero-order chi connectivity index (χ0) is 38.4. The van der Waals surface area contributed by atoms with Crippen LogP contribution in [0.15, 0.2) is 133 Å². The van der Waals surface area contributed by atoms with Crippen LogP contribution < -0.4 is 25.2 Å². The van der Waals surface area contributed by atoms with Crippen molar-refractivity contribution in [1.29, 1.82) is 0 Å². The molecule has 0 fully saturated rings. The third kappa shape index (κ3) is 6.99. The zero-order valence-corrected chi connectivity index (χ0v) is 32.5. The molecule has 11 nitrogen and oxygen atoms in total. The van der Waals surface area contributed by atoms with Gasteiger partial charge < -0.3 is 15.4 Å². The number of rotatable bonds is 8. The van der Waals surface area contributed by atoms with Gasteiger partial charge in [-0.3, -0.25) is 28.8 Å². The second-order valence-corrected chi connectivity index (χ2v) is 14.9. The molecule has 0 saturated heterocycles. The van der Waals surface area contributed by atoms with Crippen molar-refractivity contribution in [3.05, 3.63) is 174 Å². The lowest BCUT2D eigenvalue weighted by Crippen LogP contribution is -2.29. The number of hydrogen-bond donors (Lipinski definition) is 2. The third-order valence-corrected chi connectivity index (χ3v) is 10.2. The zero-order valence-electron chi connectivity index (χ0n) is 28.2. The van der Waals surface area contributed by atoms with Gasteiger partial charge in [-0.15, -0.1) is 0 Å². The molecule has 0 aromatic heterocycles. The number of nitrogens with one attached hydrogen (secondary N) is 2. The molecule has 55 heavy (non-hydrogen) atoms. The van der Waals surface area contributed by atoms with Crippen LogP contribution in [-0.2, 0) is 0 Å². The minimum absolute atomic E-state index is 0.127. The molecule has 0 spiro atoms. The molecule has 6 aromatic rings. The highest BCUT2D eigenvalue weighted by Crippen LogP contribution is 2.34. The topological polar surface area (TPSA) is 142 Å². The van der Waals surface area contributed by atoms with Gasteiger partial charge in [-0.05, 0) is 167 Å². The van der Waals surface area contributed by atoms with Gasteiger partial charge in [-0.1, -0.05) is 12.1 Å². The maximum Gasteiger partial charge on any atom is 0.266 e. The molecule has 2 heterocycles. The number of ether oxygens (including phenoxy) is 1. The van der Waals surface area contributed by atoms with Gasteiger partial charge in [0.25, 0.3) is 35.4 Å². The number of hydrogen-bond acceptors (Lipinski definition) is 7. The van der Waals surface area contributed by atoms with E-state index in [4.69, 9.17) is 4.74 Å². The molecular formula is C42H24I2N4O7. The Hall–Kier alpha value is -6.20. The van der Waals surface area contributed by atoms with Crippen LogP contribution in [0.1, 0.15) is 62.1 Å². The molecule has 0 radical (unpaired) electrons. The number of nitrogens with zero attached hydrogens (tertiary/aromatic N) is 2. The van der Waals surface area contributed by atoms with E-state index in [1.54, 1.807) is 60.7 Å². The molecule has 8 rings (SSSR count). The summed E-state index contributed by atoms with van der Waals surface area (Å²) in [5.41, 5.74) is 2.98. The summed E-state index contributed by atoms with van der Waals surface area (Å²) in [6, 6.07) is 36.1. The highest BCUT2D eigenvalue weighted by atomic mass is 127. The van der Waals surface area contributed by atoms with Gasteiger partial charge in [0.15, 0.2) is 0 Å². The molecule has 2 aliphatic heterocycles. The van der Waals surface area contributed by atoms with Crippen molar-refractivity contribution in [2.45, 2.75) is 0 Å². The standard InChI is InChI=1S/C42H24I2N4O7/c43-25-3-1-5-27(21-25)45-37(49)23-7-17-33-35(19-23)41(53)47(39(33)51)29-9-13-31(14-10-29)55-32-15-11-30(12-16-32)48-40(52)34-18-8-24(20-36(34)42(48)54)38(50)46-28-6-2-4-26(44)22-28/h1-22H,(H,45,49)(H,46,50). The SMILES string of the molecule is O=C(Nc1cccc(I)c1)c1ccc2c(c1)C(=O)N(c1ccc(Oc3ccc(N4C(=O)c5ccc(C(=O)Nc6cccc(I)c6)cc5C4=O)cc3)cc1)C2=O. The number of halogens is 2. The summed E-state index contributed by atoms with van der Waals surface area (Å²) in [5, 5.41) is 5.62. The molecule has 13 heteroatoms. The predicted molar refractivity (Wildman–Crippen MR) is 222 cm³/mol. The summed E-state index contributed by atoms with van der Waals surface area (Å²) in [6.45, 7) is 0. The summed E-state index contributed by atoms with van der Waals surface area (Å²) in [5.74, 6) is -2.14. The van der Waals surface area contributed by atoms with Crippen LogP contribution in [0.5, 0.6) is 11.5 Å². The summed E-state index contributed by atoms with van der Waals surface area (Å²) >= 11 is 4.29. The first kappa shape index (κ1) is 35.8. The maximum absolute atomic E-state index is 13.4. The van der Waals surface area contributed by atoms with Gasteiger partial charge in [0.1, 0.15) is 11.5 Å². The molecule has 268 valence electrons. The summed E-state index contributed by atoms with van der Waals surface area (Å²) in [6.07, 6.45) is 0. The fraction of sp³-hybridized carbons (Fsp3) is 0. The first-order chi connectivity index (χ1) is 26.5. The summed E-state index contributed by atoms with van der Waals surface area (Å²) in [4.78, 5) is 81.3. The number of anilines is 4. The predicted octanol–water partition coefficient (Wildman–Crippen LogP) is 8.79. The number of carbonyl (C=O) groups excluding carboxylic acids is 6.